The molecule has 0 atom stereocenters. The molecular weight excluding hydrogens is 259 g/mol. The largest absolute Gasteiger partial charge is 0.501 e. The molecule has 1 rings (SSSR count). The van der Waals surface area contributed by atoms with Crippen molar-refractivity contribution in [3.05, 3.63) is 11.7 Å². The van der Waals surface area contributed by atoms with E-state index in [1.54, 1.807) is 18.4 Å². The van der Waals surface area contributed by atoms with Gasteiger partial charge >= 0.3 is 13.1 Å². The number of hydrogen-bond donors (Lipinski definition) is 2. The van der Waals surface area contributed by atoms with Crippen LogP contribution in [0.1, 0.15) is 34.6 Å². The molecule has 112 valence electrons. The molecule has 0 spiro atoms. The number of carbonyl (C=O) groups excluding carboxylic acids is 1. The molecule has 1 saturated heterocycles. The van der Waals surface area contributed by atoms with Gasteiger partial charge in [0, 0.05) is 6.21 Å². The number of nitrogens with two attached hydrogens (primary N) is 1. The summed E-state index contributed by atoms with van der Waals surface area (Å²) in [4.78, 5) is 11.2. The minimum atomic E-state index is -0.587. The van der Waals surface area contributed by atoms with Crippen molar-refractivity contribution in [1.29, 1.82) is 5.41 Å². The second-order valence-corrected chi connectivity index (χ2v) is 5.64. The molecule has 0 saturated carbocycles. The van der Waals surface area contributed by atoms with E-state index < -0.39 is 18.3 Å². The van der Waals surface area contributed by atoms with Crippen LogP contribution in [0.4, 0.5) is 0 Å². The van der Waals surface area contributed by atoms with Crippen molar-refractivity contribution >= 4 is 19.3 Å². The van der Waals surface area contributed by atoms with Gasteiger partial charge in [-0.05, 0) is 34.6 Å². The molecule has 1 fully saturated rings. The van der Waals surface area contributed by atoms with Gasteiger partial charge in [-0.1, -0.05) is 0 Å². The molecule has 6 nitrogen and oxygen atoms in total. The summed E-state index contributed by atoms with van der Waals surface area (Å²) in [6, 6.07) is 0. The van der Waals surface area contributed by atoms with E-state index >= 15 is 0 Å². The fourth-order valence-electron chi connectivity index (χ4n) is 1.69. The lowest BCUT2D eigenvalue weighted by molar-refractivity contribution is -0.577. The standard InChI is InChI=1S/C13H23BN2O4/c1-6-18-11(17)9-16-8-10(7-15)14-19-12(2,3)13(4,5)20-14/h7-8,15-16H,6,9H2,1-5H3/p+1/b10-8+,15-7?. The maximum absolute atomic E-state index is 11.2. The zero-order valence-electron chi connectivity index (χ0n) is 12.9. The Morgan fingerprint density at radius 2 is 1.85 bits per heavy atom. The Bertz CT molecular complexity index is 391. The second kappa shape index (κ2) is 6.52. The van der Waals surface area contributed by atoms with E-state index in [0.29, 0.717) is 12.1 Å². The average molecular weight is 283 g/mol. The zero-order valence-corrected chi connectivity index (χ0v) is 12.9. The highest BCUT2D eigenvalue weighted by molar-refractivity contribution is 6.60. The lowest BCUT2D eigenvalue weighted by atomic mass is 9.79. The van der Waals surface area contributed by atoms with Crippen molar-refractivity contribution in [2.24, 2.45) is 0 Å². The van der Waals surface area contributed by atoms with E-state index in [1.807, 2.05) is 27.7 Å². The van der Waals surface area contributed by atoms with E-state index in [-0.39, 0.29) is 12.5 Å². The molecule has 0 unspecified atom stereocenters. The number of nitrogens with one attached hydrogen (secondary N) is 1. The maximum atomic E-state index is 11.2. The van der Waals surface area contributed by atoms with Gasteiger partial charge in [0.05, 0.1) is 29.5 Å². The number of carbonyl (C=O) groups is 1. The van der Waals surface area contributed by atoms with Crippen LogP contribution in [0.25, 0.3) is 0 Å². The Hall–Kier alpha value is -1.18. The van der Waals surface area contributed by atoms with Gasteiger partial charge in [-0.2, -0.15) is 0 Å². The molecule has 0 aromatic carbocycles. The van der Waals surface area contributed by atoms with Crippen LogP contribution in [0.3, 0.4) is 0 Å². The van der Waals surface area contributed by atoms with Crippen LogP contribution in [0.15, 0.2) is 11.7 Å². The Morgan fingerprint density at radius 1 is 1.30 bits per heavy atom. The molecule has 1 heterocycles. The quantitative estimate of drug-likeness (QED) is 0.416. The van der Waals surface area contributed by atoms with E-state index in [9.17, 15) is 4.79 Å². The first kappa shape index (κ1) is 16.9. The fourth-order valence-corrected chi connectivity index (χ4v) is 1.69. The Labute approximate surface area is 120 Å². The third kappa shape index (κ3) is 3.91. The van der Waals surface area contributed by atoms with Crippen LogP contribution in [0.2, 0.25) is 0 Å². The molecule has 3 N–H and O–H groups in total. The summed E-state index contributed by atoms with van der Waals surface area (Å²) in [5, 5.41) is 9.12. The number of ether oxygens (including phenoxy) is 1. The van der Waals surface area contributed by atoms with Crippen molar-refractivity contribution in [2.45, 2.75) is 45.8 Å². The number of hydrogen-bond acceptors (Lipinski definition) is 5. The van der Waals surface area contributed by atoms with E-state index in [2.05, 4.69) is 0 Å². The summed E-state index contributed by atoms with van der Waals surface area (Å²) in [5.74, 6) is -0.290. The SMILES string of the molecule is CCOC(=O)C[NH2+]/C=C(\C=N)B1OC(C)(C)C(C)(C)O1. The highest BCUT2D eigenvalue weighted by atomic mass is 16.7. The molecular formula is C13H24BN2O4+. The Morgan fingerprint density at radius 3 is 2.30 bits per heavy atom. The van der Waals surface area contributed by atoms with E-state index in [4.69, 9.17) is 19.5 Å². The number of quaternary nitrogens is 1. The van der Waals surface area contributed by atoms with Gasteiger partial charge in [-0.3, -0.25) is 0 Å². The summed E-state index contributed by atoms with van der Waals surface area (Å²) in [5.41, 5.74) is -0.310. The number of rotatable bonds is 6. The van der Waals surface area contributed by atoms with Gasteiger partial charge in [-0.25, -0.2) is 4.79 Å². The van der Waals surface area contributed by atoms with Crippen molar-refractivity contribution < 1.29 is 24.2 Å². The average Bonchev–Trinajstić information content (AvgIpc) is 2.54. The predicted octanol–water partition coefficient (Wildman–Crippen LogP) is 0.278. The van der Waals surface area contributed by atoms with Gasteiger partial charge in [0.2, 0.25) is 0 Å². The highest BCUT2D eigenvalue weighted by Gasteiger charge is 2.52. The molecule has 7 heteroatoms. The molecule has 0 amide bonds. The molecule has 1 aliphatic heterocycles. The van der Waals surface area contributed by atoms with Gasteiger partial charge < -0.3 is 24.8 Å². The lowest BCUT2D eigenvalue weighted by Gasteiger charge is -2.32. The molecule has 0 aromatic heterocycles. The molecule has 20 heavy (non-hydrogen) atoms. The first-order valence-corrected chi connectivity index (χ1v) is 6.78. The molecule has 1 aliphatic rings. The summed E-state index contributed by atoms with van der Waals surface area (Å²) < 4.78 is 16.5. The van der Waals surface area contributed by atoms with Crippen LogP contribution in [0, 0.1) is 5.41 Å². The molecule has 0 bridgehead atoms. The maximum Gasteiger partial charge on any atom is 0.501 e. The van der Waals surface area contributed by atoms with Crippen molar-refractivity contribution in [3.8, 4) is 0 Å². The van der Waals surface area contributed by atoms with E-state index in [0.717, 1.165) is 0 Å². The third-order valence-electron chi connectivity index (χ3n) is 3.59. The molecule has 0 radical (unpaired) electrons. The number of esters is 1. The van der Waals surface area contributed by atoms with Crippen LogP contribution < -0.4 is 5.32 Å². The topological polar surface area (TPSA) is 85.2 Å². The first-order chi connectivity index (χ1) is 9.23. The third-order valence-corrected chi connectivity index (χ3v) is 3.59. The van der Waals surface area contributed by atoms with Gasteiger partial charge in [0.25, 0.3) is 0 Å². The van der Waals surface area contributed by atoms with Crippen LogP contribution in [-0.2, 0) is 18.8 Å². The highest BCUT2D eigenvalue weighted by Crippen LogP contribution is 2.37. The fraction of sp³-hybridized carbons (Fsp3) is 0.692. The second-order valence-electron chi connectivity index (χ2n) is 5.64. The van der Waals surface area contributed by atoms with Crippen LogP contribution in [-0.4, -0.2) is 43.7 Å². The molecule has 0 aromatic rings. The predicted molar refractivity (Wildman–Crippen MR) is 76.4 cm³/mol. The normalized spacial score (nSPS) is 20.9. The van der Waals surface area contributed by atoms with Crippen molar-refractivity contribution in [1.82, 2.24) is 0 Å². The van der Waals surface area contributed by atoms with Crippen molar-refractivity contribution in [2.75, 3.05) is 13.2 Å². The number of allylic oxidation sites excluding steroid dienone is 1. The smallest absolute Gasteiger partial charge is 0.462 e. The summed E-state index contributed by atoms with van der Waals surface area (Å²) >= 11 is 0. The van der Waals surface area contributed by atoms with Crippen LogP contribution >= 0.6 is 0 Å². The van der Waals surface area contributed by atoms with Crippen LogP contribution in [0.5, 0.6) is 0 Å². The zero-order chi connectivity index (χ0) is 15.4. The van der Waals surface area contributed by atoms with Gasteiger partial charge in [0.1, 0.15) is 0 Å². The first-order valence-electron chi connectivity index (χ1n) is 6.78. The van der Waals surface area contributed by atoms with Gasteiger partial charge in [-0.15, -0.1) is 0 Å². The van der Waals surface area contributed by atoms with E-state index in [1.165, 1.54) is 6.21 Å². The minimum Gasteiger partial charge on any atom is -0.462 e. The van der Waals surface area contributed by atoms with Crippen molar-refractivity contribution in [3.63, 3.8) is 0 Å². The Kier molecular flexibility index (Phi) is 5.50. The van der Waals surface area contributed by atoms with Gasteiger partial charge in [0.15, 0.2) is 6.54 Å². The minimum absolute atomic E-state index is 0.171. The monoisotopic (exact) mass is 283 g/mol. The Balaban J connectivity index is 2.64. The summed E-state index contributed by atoms with van der Waals surface area (Å²) in [6.45, 7) is 10.1. The summed E-state index contributed by atoms with van der Waals surface area (Å²) in [7, 11) is -0.587. The summed E-state index contributed by atoms with van der Waals surface area (Å²) in [6.07, 6.45) is 2.86. The molecule has 0 aliphatic carbocycles. The lowest BCUT2D eigenvalue weighted by Crippen LogP contribution is -2.80.